The Morgan fingerprint density at radius 3 is 2.42 bits per heavy atom. The van der Waals surface area contributed by atoms with Crippen LogP contribution in [0.2, 0.25) is 0 Å². The van der Waals surface area contributed by atoms with Crippen molar-refractivity contribution in [3.05, 3.63) is 0 Å². The summed E-state index contributed by atoms with van der Waals surface area (Å²) in [6.45, 7) is 9.03. The molecule has 2 saturated heterocycles. The SMILES string of the molecule is CNCC1(N2CC[C@@H](N(C)C(=O)N3CC[C@@H](O)C3)C2)CCC(C)(C)CC1. The molecule has 1 aliphatic carbocycles. The largest absolute Gasteiger partial charge is 0.391 e. The standard InChI is InChI=1S/C20H38N4O2/c1-19(2)7-9-20(10-8-19,15-21-3)24-12-5-16(13-24)22(4)18(26)23-11-6-17(25)14-23/h16-17,21,25H,5-15H2,1-4H3/t16-,17-/m1/s1. The van der Waals surface area contributed by atoms with E-state index < -0.39 is 0 Å². The molecule has 0 radical (unpaired) electrons. The van der Waals surface area contributed by atoms with Gasteiger partial charge in [-0.2, -0.15) is 0 Å². The normalized spacial score (nSPS) is 31.3. The number of nitrogens with zero attached hydrogens (tertiary/aromatic N) is 3. The number of β-amino-alcohol motifs (C(OH)–C–C–N with tert-alkyl or cyclic N) is 1. The van der Waals surface area contributed by atoms with E-state index in [1.165, 1.54) is 25.7 Å². The summed E-state index contributed by atoms with van der Waals surface area (Å²) in [5, 5.41) is 13.2. The molecule has 0 aromatic rings. The lowest BCUT2D eigenvalue weighted by Crippen LogP contribution is -2.57. The number of urea groups is 1. The van der Waals surface area contributed by atoms with Gasteiger partial charge in [-0.15, -0.1) is 0 Å². The van der Waals surface area contributed by atoms with Gasteiger partial charge in [0.25, 0.3) is 0 Å². The summed E-state index contributed by atoms with van der Waals surface area (Å²) in [5.41, 5.74) is 0.701. The maximum Gasteiger partial charge on any atom is 0.320 e. The number of rotatable bonds is 4. The molecule has 0 aromatic heterocycles. The Morgan fingerprint density at radius 1 is 1.15 bits per heavy atom. The molecule has 3 rings (SSSR count). The van der Waals surface area contributed by atoms with E-state index in [4.69, 9.17) is 0 Å². The van der Waals surface area contributed by atoms with E-state index in [1.54, 1.807) is 4.90 Å². The minimum absolute atomic E-state index is 0.0841. The Labute approximate surface area is 158 Å². The van der Waals surface area contributed by atoms with Gasteiger partial charge < -0.3 is 20.2 Å². The second-order valence-corrected chi connectivity index (χ2v) is 9.59. The molecule has 0 aromatic carbocycles. The average molecular weight is 367 g/mol. The molecular weight excluding hydrogens is 328 g/mol. The molecule has 3 aliphatic rings. The summed E-state index contributed by atoms with van der Waals surface area (Å²) < 4.78 is 0. The monoisotopic (exact) mass is 366 g/mol. The zero-order valence-electron chi connectivity index (χ0n) is 17.1. The predicted molar refractivity (Wildman–Crippen MR) is 104 cm³/mol. The van der Waals surface area contributed by atoms with E-state index in [9.17, 15) is 9.90 Å². The highest BCUT2D eigenvalue weighted by molar-refractivity contribution is 5.75. The smallest absolute Gasteiger partial charge is 0.320 e. The van der Waals surface area contributed by atoms with Crippen LogP contribution in [0.25, 0.3) is 0 Å². The summed E-state index contributed by atoms with van der Waals surface area (Å²) in [7, 11) is 4.00. The molecule has 0 bridgehead atoms. The number of carbonyl (C=O) groups is 1. The minimum Gasteiger partial charge on any atom is -0.391 e. The number of likely N-dealkylation sites (tertiary alicyclic amines) is 2. The maximum absolute atomic E-state index is 12.8. The van der Waals surface area contributed by atoms with Crippen molar-refractivity contribution in [1.29, 1.82) is 0 Å². The zero-order valence-corrected chi connectivity index (χ0v) is 17.1. The first-order valence-electron chi connectivity index (χ1n) is 10.4. The van der Waals surface area contributed by atoms with Crippen LogP contribution < -0.4 is 5.32 Å². The first kappa shape index (κ1) is 19.9. The second kappa shape index (κ2) is 7.64. The molecule has 0 unspecified atom stereocenters. The second-order valence-electron chi connectivity index (χ2n) is 9.59. The third-order valence-electron chi connectivity index (χ3n) is 7.16. The number of aliphatic hydroxyl groups is 1. The van der Waals surface area contributed by atoms with Gasteiger partial charge in [0.05, 0.1) is 6.10 Å². The molecule has 2 heterocycles. The van der Waals surface area contributed by atoms with Gasteiger partial charge in [-0.1, -0.05) is 13.8 Å². The number of nitrogens with one attached hydrogen (secondary N) is 1. The van der Waals surface area contributed by atoms with E-state index in [-0.39, 0.29) is 23.7 Å². The number of hydrogen-bond donors (Lipinski definition) is 2. The summed E-state index contributed by atoms with van der Waals surface area (Å²) in [5.74, 6) is 0. The van der Waals surface area contributed by atoms with Crippen LogP contribution in [-0.2, 0) is 0 Å². The number of carbonyl (C=O) groups excluding carboxylic acids is 1. The number of amides is 2. The molecule has 26 heavy (non-hydrogen) atoms. The highest BCUT2D eigenvalue weighted by Gasteiger charge is 2.45. The molecule has 0 spiro atoms. The fourth-order valence-corrected chi connectivity index (χ4v) is 5.11. The summed E-state index contributed by atoms with van der Waals surface area (Å²) >= 11 is 0. The van der Waals surface area contributed by atoms with Crippen LogP contribution in [0.1, 0.15) is 52.4 Å². The van der Waals surface area contributed by atoms with E-state index in [2.05, 4.69) is 31.1 Å². The van der Waals surface area contributed by atoms with Crippen LogP contribution >= 0.6 is 0 Å². The molecule has 2 atom stereocenters. The van der Waals surface area contributed by atoms with Gasteiger partial charge in [0.15, 0.2) is 0 Å². The van der Waals surface area contributed by atoms with Gasteiger partial charge in [-0.3, -0.25) is 4.90 Å². The molecule has 2 N–H and O–H groups in total. The van der Waals surface area contributed by atoms with Crippen LogP contribution in [-0.4, -0.2) is 90.3 Å². The Kier molecular flexibility index (Phi) is 5.85. The van der Waals surface area contributed by atoms with Crippen LogP contribution in [0.3, 0.4) is 0 Å². The van der Waals surface area contributed by atoms with Crippen molar-refractivity contribution in [2.75, 3.05) is 46.8 Å². The number of aliphatic hydroxyl groups excluding tert-OH is 1. The van der Waals surface area contributed by atoms with Crippen molar-refractivity contribution in [1.82, 2.24) is 20.0 Å². The van der Waals surface area contributed by atoms with Crippen molar-refractivity contribution in [2.24, 2.45) is 5.41 Å². The first-order chi connectivity index (χ1) is 12.3. The third kappa shape index (κ3) is 4.02. The molecular formula is C20H38N4O2. The first-order valence-corrected chi connectivity index (χ1v) is 10.4. The van der Waals surface area contributed by atoms with Crippen LogP contribution in [0.15, 0.2) is 0 Å². The minimum atomic E-state index is -0.350. The highest BCUT2D eigenvalue weighted by Crippen LogP contribution is 2.44. The Hall–Kier alpha value is -0.850. The predicted octanol–water partition coefficient (Wildman–Crippen LogP) is 1.74. The molecule has 6 nitrogen and oxygen atoms in total. The number of likely N-dealkylation sites (N-methyl/N-ethyl adjacent to an activating group) is 2. The van der Waals surface area contributed by atoms with Crippen molar-refractivity contribution in [2.45, 2.75) is 70.1 Å². The third-order valence-corrected chi connectivity index (χ3v) is 7.16. The fraction of sp³-hybridized carbons (Fsp3) is 0.950. The van der Waals surface area contributed by atoms with Crippen LogP contribution in [0, 0.1) is 5.41 Å². The lowest BCUT2D eigenvalue weighted by atomic mass is 9.68. The summed E-state index contributed by atoms with van der Waals surface area (Å²) in [6.07, 6.45) is 6.43. The Balaban J connectivity index is 1.62. The highest BCUT2D eigenvalue weighted by atomic mass is 16.3. The van der Waals surface area contributed by atoms with Crippen LogP contribution in [0.4, 0.5) is 4.79 Å². The molecule has 1 saturated carbocycles. The van der Waals surface area contributed by atoms with Gasteiger partial charge in [-0.05, 0) is 51.0 Å². The lowest BCUT2D eigenvalue weighted by Gasteiger charge is -2.49. The summed E-state index contributed by atoms with van der Waals surface area (Å²) in [6, 6.07) is 0.366. The number of hydrogen-bond acceptors (Lipinski definition) is 4. The van der Waals surface area contributed by atoms with Gasteiger partial charge >= 0.3 is 6.03 Å². The molecule has 6 heteroatoms. The summed E-state index contributed by atoms with van der Waals surface area (Å²) in [4.78, 5) is 19.2. The Bertz CT molecular complexity index is 500. The van der Waals surface area contributed by atoms with Crippen LogP contribution in [0.5, 0.6) is 0 Å². The zero-order chi connectivity index (χ0) is 18.9. The molecule has 3 fully saturated rings. The topological polar surface area (TPSA) is 59.0 Å². The van der Waals surface area contributed by atoms with E-state index in [0.29, 0.717) is 24.9 Å². The van der Waals surface area contributed by atoms with E-state index in [1.807, 2.05) is 11.9 Å². The lowest BCUT2D eigenvalue weighted by molar-refractivity contribution is 0.0305. The maximum atomic E-state index is 12.8. The average Bonchev–Trinajstić information content (AvgIpc) is 3.25. The molecule has 2 amide bonds. The quantitative estimate of drug-likeness (QED) is 0.796. The van der Waals surface area contributed by atoms with Crippen molar-refractivity contribution in [3.8, 4) is 0 Å². The van der Waals surface area contributed by atoms with Crippen molar-refractivity contribution < 1.29 is 9.90 Å². The van der Waals surface area contributed by atoms with Gasteiger partial charge in [0.1, 0.15) is 0 Å². The van der Waals surface area contributed by atoms with Crippen molar-refractivity contribution >= 4 is 6.03 Å². The van der Waals surface area contributed by atoms with Gasteiger partial charge in [-0.25, -0.2) is 4.79 Å². The van der Waals surface area contributed by atoms with E-state index >= 15 is 0 Å². The molecule has 2 aliphatic heterocycles. The van der Waals surface area contributed by atoms with E-state index in [0.717, 1.165) is 26.1 Å². The Morgan fingerprint density at radius 2 is 1.85 bits per heavy atom. The van der Waals surface area contributed by atoms with Crippen molar-refractivity contribution in [3.63, 3.8) is 0 Å². The van der Waals surface area contributed by atoms with Gasteiger partial charge in [0.2, 0.25) is 0 Å². The van der Waals surface area contributed by atoms with Gasteiger partial charge in [0, 0.05) is 51.4 Å². The molecule has 150 valence electrons. The fourth-order valence-electron chi connectivity index (χ4n) is 5.11.